The second-order valence-corrected chi connectivity index (χ2v) is 6.46. The van der Waals surface area contributed by atoms with Crippen LogP contribution in [0.3, 0.4) is 0 Å². The van der Waals surface area contributed by atoms with Gasteiger partial charge in [0, 0.05) is 22.9 Å². The number of nitrogens with zero attached hydrogens (tertiary/aromatic N) is 3. The molecule has 0 amide bonds. The van der Waals surface area contributed by atoms with Crippen molar-refractivity contribution in [1.82, 2.24) is 14.8 Å². The van der Waals surface area contributed by atoms with Crippen LogP contribution in [0.5, 0.6) is 0 Å². The lowest BCUT2D eigenvalue weighted by atomic mass is 10.3. The summed E-state index contributed by atoms with van der Waals surface area (Å²) >= 11 is 1.57. The third-order valence-corrected chi connectivity index (χ3v) is 4.58. The van der Waals surface area contributed by atoms with Crippen molar-refractivity contribution in [3.63, 3.8) is 0 Å². The molecule has 23 heavy (non-hydrogen) atoms. The smallest absolute Gasteiger partial charge is 0.333 e. The highest BCUT2D eigenvalue weighted by molar-refractivity contribution is 7.99. The van der Waals surface area contributed by atoms with E-state index in [0.717, 1.165) is 16.7 Å². The fraction of sp³-hybridized carbons (Fsp3) is 0.353. The molecular weight excluding hydrogens is 310 g/mol. The van der Waals surface area contributed by atoms with E-state index < -0.39 is 0 Å². The number of hydrogen-bond donors (Lipinski definition) is 0. The Labute approximate surface area is 139 Å². The molecule has 1 aromatic carbocycles. The summed E-state index contributed by atoms with van der Waals surface area (Å²) in [4.78, 5) is 11.4. The predicted octanol–water partition coefficient (Wildman–Crippen LogP) is 3.36. The largest absolute Gasteiger partial charge is 0.466 e. The van der Waals surface area contributed by atoms with E-state index in [4.69, 9.17) is 4.74 Å². The molecule has 3 rings (SSSR count). The van der Waals surface area contributed by atoms with E-state index in [0.29, 0.717) is 17.2 Å². The first-order chi connectivity index (χ1) is 11.2. The molecule has 0 aliphatic heterocycles. The summed E-state index contributed by atoms with van der Waals surface area (Å²) in [7, 11) is 1.39. The van der Waals surface area contributed by atoms with Crippen molar-refractivity contribution in [1.29, 1.82) is 0 Å². The van der Waals surface area contributed by atoms with E-state index in [-0.39, 0.29) is 5.97 Å². The van der Waals surface area contributed by atoms with Gasteiger partial charge in [0.1, 0.15) is 5.82 Å². The molecule has 0 bridgehead atoms. The van der Waals surface area contributed by atoms with Gasteiger partial charge >= 0.3 is 5.97 Å². The first kappa shape index (κ1) is 15.8. The molecule has 0 saturated heterocycles. The van der Waals surface area contributed by atoms with Crippen molar-refractivity contribution in [2.45, 2.75) is 30.8 Å². The van der Waals surface area contributed by atoms with Gasteiger partial charge < -0.3 is 4.74 Å². The molecule has 1 saturated carbocycles. The summed E-state index contributed by atoms with van der Waals surface area (Å²) in [6.45, 7) is 1.75. The number of benzene rings is 1. The number of methoxy groups -OCH3 is 1. The maximum Gasteiger partial charge on any atom is 0.333 e. The number of para-hydroxylation sites is 1. The number of aromatic nitrogens is 3. The zero-order valence-corrected chi connectivity index (χ0v) is 14.0. The van der Waals surface area contributed by atoms with Gasteiger partial charge in [-0.3, -0.25) is 4.57 Å². The van der Waals surface area contributed by atoms with Gasteiger partial charge in [-0.25, -0.2) is 4.79 Å². The van der Waals surface area contributed by atoms with Crippen molar-refractivity contribution in [3.05, 3.63) is 47.8 Å². The molecule has 6 heteroatoms. The van der Waals surface area contributed by atoms with E-state index in [2.05, 4.69) is 26.9 Å². The SMILES string of the molecule is COC(=O)/C(C)=C\CSc1nnc(C2CC2)n1-c1ccccc1. The number of thioether (sulfide) groups is 1. The number of carbonyl (C=O) groups is 1. The van der Waals surface area contributed by atoms with Crippen molar-refractivity contribution >= 4 is 17.7 Å². The van der Waals surface area contributed by atoms with Crippen molar-refractivity contribution in [3.8, 4) is 5.69 Å². The van der Waals surface area contributed by atoms with Crippen LogP contribution in [0.4, 0.5) is 0 Å². The van der Waals surface area contributed by atoms with Crippen LogP contribution < -0.4 is 0 Å². The standard InChI is InChI=1S/C17H19N3O2S/c1-12(16(21)22-2)10-11-23-17-19-18-15(13-8-9-13)20(17)14-6-4-3-5-7-14/h3-7,10,13H,8-9,11H2,1-2H3/b12-10-. The van der Waals surface area contributed by atoms with E-state index in [1.54, 1.807) is 18.7 Å². The van der Waals surface area contributed by atoms with Gasteiger partial charge in [-0.15, -0.1) is 10.2 Å². The third-order valence-electron chi connectivity index (χ3n) is 3.72. The maximum atomic E-state index is 11.4. The summed E-state index contributed by atoms with van der Waals surface area (Å²) in [5.74, 6) is 1.90. The molecule has 2 aromatic rings. The molecule has 0 radical (unpaired) electrons. The average Bonchev–Trinajstić information content (AvgIpc) is 3.35. The number of rotatable bonds is 6. The Morgan fingerprint density at radius 1 is 1.35 bits per heavy atom. The monoisotopic (exact) mass is 329 g/mol. The van der Waals surface area contributed by atoms with Gasteiger partial charge in [0.05, 0.1) is 7.11 Å². The van der Waals surface area contributed by atoms with Crippen LogP contribution in [0, 0.1) is 0 Å². The Kier molecular flexibility index (Phi) is 4.81. The van der Waals surface area contributed by atoms with Crippen LogP contribution in [0.2, 0.25) is 0 Å². The Balaban J connectivity index is 1.81. The fourth-order valence-electron chi connectivity index (χ4n) is 2.29. The zero-order valence-electron chi connectivity index (χ0n) is 13.2. The number of carbonyl (C=O) groups excluding carboxylic acids is 1. The quantitative estimate of drug-likeness (QED) is 0.462. The normalized spacial score (nSPS) is 14.8. The Morgan fingerprint density at radius 2 is 2.09 bits per heavy atom. The minimum atomic E-state index is -0.297. The van der Waals surface area contributed by atoms with Crippen LogP contribution in [0.25, 0.3) is 5.69 Å². The van der Waals surface area contributed by atoms with Crippen molar-refractivity contribution in [2.75, 3.05) is 12.9 Å². The molecular formula is C17H19N3O2S. The highest BCUT2D eigenvalue weighted by atomic mass is 32.2. The highest BCUT2D eigenvalue weighted by Gasteiger charge is 2.30. The highest BCUT2D eigenvalue weighted by Crippen LogP contribution is 2.41. The van der Waals surface area contributed by atoms with Gasteiger partial charge in [-0.05, 0) is 31.9 Å². The van der Waals surface area contributed by atoms with Gasteiger partial charge in [0.25, 0.3) is 0 Å². The lowest BCUT2D eigenvalue weighted by Gasteiger charge is -2.09. The molecule has 1 fully saturated rings. The molecule has 1 aliphatic carbocycles. The van der Waals surface area contributed by atoms with Gasteiger partial charge in [0.15, 0.2) is 5.16 Å². The average molecular weight is 329 g/mol. The van der Waals surface area contributed by atoms with Crippen LogP contribution in [0.1, 0.15) is 31.5 Å². The number of esters is 1. The maximum absolute atomic E-state index is 11.4. The second-order valence-electron chi connectivity index (χ2n) is 5.48. The molecule has 1 aliphatic rings. The molecule has 1 heterocycles. The molecule has 0 spiro atoms. The lowest BCUT2D eigenvalue weighted by Crippen LogP contribution is -2.03. The van der Waals surface area contributed by atoms with E-state index in [1.807, 2.05) is 24.3 Å². The minimum Gasteiger partial charge on any atom is -0.466 e. The third kappa shape index (κ3) is 3.64. The Bertz CT molecular complexity index is 721. The summed E-state index contributed by atoms with van der Waals surface area (Å²) in [6, 6.07) is 10.2. The van der Waals surface area contributed by atoms with Gasteiger partial charge in [-0.1, -0.05) is 36.0 Å². The Hall–Kier alpha value is -2.08. The first-order valence-electron chi connectivity index (χ1n) is 7.59. The molecule has 0 atom stereocenters. The van der Waals surface area contributed by atoms with Crippen LogP contribution in [-0.2, 0) is 9.53 Å². The minimum absolute atomic E-state index is 0.297. The molecule has 0 unspecified atom stereocenters. The molecule has 0 N–H and O–H groups in total. The molecule has 120 valence electrons. The number of ether oxygens (including phenoxy) is 1. The van der Waals surface area contributed by atoms with Crippen molar-refractivity contribution < 1.29 is 9.53 Å². The summed E-state index contributed by atoms with van der Waals surface area (Å²) in [5.41, 5.74) is 1.68. The fourth-order valence-corrected chi connectivity index (χ4v) is 3.19. The van der Waals surface area contributed by atoms with Gasteiger partial charge in [-0.2, -0.15) is 0 Å². The van der Waals surface area contributed by atoms with E-state index in [1.165, 1.54) is 20.0 Å². The van der Waals surface area contributed by atoms with Crippen LogP contribution >= 0.6 is 11.8 Å². The second kappa shape index (κ2) is 7.00. The summed E-state index contributed by atoms with van der Waals surface area (Å²) < 4.78 is 6.83. The van der Waals surface area contributed by atoms with Crippen LogP contribution in [0.15, 0.2) is 47.1 Å². The van der Waals surface area contributed by atoms with E-state index in [9.17, 15) is 4.79 Å². The lowest BCUT2D eigenvalue weighted by molar-refractivity contribution is -0.136. The topological polar surface area (TPSA) is 57.0 Å². The van der Waals surface area contributed by atoms with E-state index >= 15 is 0 Å². The van der Waals surface area contributed by atoms with Crippen LogP contribution in [-0.4, -0.2) is 33.6 Å². The number of hydrogen-bond acceptors (Lipinski definition) is 5. The summed E-state index contributed by atoms with van der Waals surface area (Å²) in [5, 5.41) is 9.58. The van der Waals surface area contributed by atoms with Gasteiger partial charge in [0.2, 0.25) is 0 Å². The van der Waals surface area contributed by atoms with Crippen molar-refractivity contribution in [2.24, 2.45) is 0 Å². The Morgan fingerprint density at radius 3 is 2.74 bits per heavy atom. The zero-order chi connectivity index (χ0) is 16.2. The summed E-state index contributed by atoms with van der Waals surface area (Å²) in [6.07, 6.45) is 4.21. The predicted molar refractivity (Wildman–Crippen MR) is 89.8 cm³/mol. The molecule has 5 nitrogen and oxygen atoms in total. The first-order valence-corrected chi connectivity index (χ1v) is 8.58. The molecule has 1 aromatic heterocycles.